The van der Waals surface area contributed by atoms with Gasteiger partial charge in [0, 0.05) is 18.4 Å². The van der Waals surface area contributed by atoms with Crippen LogP contribution in [0.25, 0.3) is 0 Å². The fourth-order valence-electron chi connectivity index (χ4n) is 2.11. The molecule has 0 aromatic heterocycles. The van der Waals surface area contributed by atoms with Crippen molar-refractivity contribution in [3.63, 3.8) is 0 Å². The lowest BCUT2D eigenvalue weighted by molar-refractivity contribution is -0.385. The molecule has 0 bridgehead atoms. The Hall–Kier alpha value is -2.94. The molecule has 8 nitrogen and oxygen atoms in total. The first-order chi connectivity index (χ1) is 11.6. The monoisotopic (exact) mass is 365 g/mol. The van der Waals surface area contributed by atoms with Gasteiger partial charge in [-0.2, -0.15) is 0 Å². The summed E-state index contributed by atoms with van der Waals surface area (Å²) in [5.41, 5.74) is -0.0837. The molecule has 0 N–H and O–H groups in total. The van der Waals surface area contributed by atoms with Gasteiger partial charge in [0.15, 0.2) is 9.84 Å². The van der Waals surface area contributed by atoms with Crippen molar-refractivity contribution in [1.29, 1.82) is 0 Å². The van der Waals surface area contributed by atoms with Crippen LogP contribution in [-0.4, -0.2) is 32.7 Å². The van der Waals surface area contributed by atoms with Gasteiger partial charge in [0.25, 0.3) is 5.69 Å². The van der Waals surface area contributed by atoms with Gasteiger partial charge in [0.2, 0.25) is 0 Å². The molecule has 0 spiro atoms. The molecule has 0 heterocycles. The van der Waals surface area contributed by atoms with Crippen LogP contribution in [-0.2, 0) is 14.6 Å². The summed E-state index contributed by atoms with van der Waals surface area (Å²) in [7, 11) is -2.22. The number of benzene rings is 2. The quantitative estimate of drug-likeness (QED) is 0.455. The number of nitrogens with zero attached hydrogens (tertiary/aromatic N) is 1. The molecule has 0 fully saturated rings. The highest BCUT2D eigenvalue weighted by molar-refractivity contribution is 7.90. The number of nitro benzene ring substituents is 1. The minimum atomic E-state index is -3.34. The second-order valence-electron chi connectivity index (χ2n) is 5.23. The second-order valence-corrected chi connectivity index (χ2v) is 7.24. The van der Waals surface area contributed by atoms with E-state index in [0.717, 1.165) is 19.4 Å². The lowest BCUT2D eigenvalue weighted by Gasteiger charge is -2.11. The molecule has 9 heteroatoms. The highest BCUT2D eigenvalue weighted by atomic mass is 32.2. The van der Waals surface area contributed by atoms with Gasteiger partial charge >= 0.3 is 5.97 Å². The first kappa shape index (κ1) is 18.4. The van der Waals surface area contributed by atoms with Crippen LogP contribution >= 0.6 is 0 Å². The molecule has 0 radical (unpaired) electrons. The highest BCUT2D eigenvalue weighted by Gasteiger charge is 2.22. The van der Waals surface area contributed by atoms with Crippen molar-refractivity contribution in [1.82, 2.24) is 0 Å². The van der Waals surface area contributed by atoms with Crippen molar-refractivity contribution >= 4 is 21.5 Å². The van der Waals surface area contributed by atoms with E-state index in [0.29, 0.717) is 11.3 Å². The van der Waals surface area contributed by atoms with Gasteiger partial charge in [-0.05, 0) is 36.8 Å². The average molecular weight is 365 g/mol. The van der Waals surface area contributed by atoms with E-state index < -0.39 is 26.4 Å². The molecular weight excluding hydrogens is 350 g/mol. The van der Waals surface area contributed by atoms with Gasteiger partial charge in [-0.3, -0.25) is 10.1 Å². The number of rotatable bonds is 5. The molecule has 0 amide bonds. The first-order valence-electron chi connectivity index (χ1n) is 6.99. The van der Waals surface area contributed by atoms with Crippen LogP contribution in [0.3, 0.4) is 0 Å². The van der Waals surface area contributed by atoms with Gasteiger partial charge in [0.1, 0.15) is 17.1 Å². The zero-order chi connectivity index (χ0) is 18.8. The van der Waals surface area contributed by atoms with Crippen molar-refractivity contribution in [2.75, 3.05) is 13.4 Å². The Morgan fingerprint density at radius 1 is 1.16 bits per heavy atom. The van der Waals surface area contributed by atoms with Gasteiger partial charge in [-0.1, -0.05) is 0 Å². The van der Waals surface area contributed by atoms with Crippen LogP contribution < -0.4 is 4.74 Å². The Kier molecular flexibility index (Phi) is 5.07. The van der Waals surface area contributed by atoms with Crippen molar-refractivity contribution < 1.29 is 27.6 Å². The number of aryl methyl sites for hydroxylation is 1. The van der Waals surface area contributed by atoms with Crippen LogP contribution in [0.5, 0.6) is 11.5 Å². The summed E-state index contributed by atoms with van der Waals surface area (Å²) in [6.07, 6.45) is 1.10. The summed E-state index contributed by atoms with van der Waals surface area (Å²) in [5, 5.41) is 11.0. The smallest absolute Gasteiger partial charge is 0.345 e. The molecule has 0 aliphatic heterocycles. The van der Waals surface area contributed by atoms with Crippen LogP contribution in [0.4, 0.5) is 5.69 Å². The Morgan fingerprint density at radius 2 is 1.84 bits per heavy atom. The number of hydrogen-bond acceptors (Lipinski definition) is 7. The van der Waals surface area contributed by atoms with Crippen LogP contribution in [0, 0.1) is 17.0 Å². The summed E-state index contributed by atoms with van der Waals surface area (Å²) in [4.78, 5) is 22.2. The molecule has 2 aromatic rings. The predicted molar refractivity (Wildman–Crippen MR) is 88.8 cm³/mol. The third-order valence-corrected chi connectivity index (χ3v) is 4.48. The van der Waals surface area contributed by atoms with Gasteiger partial charge in [0.05, 0.1) is 16.9 Å². The molecule has 25 heavy (non-hydrogen) atoms. The third-order valence-electron chi connectivity index (χ3n) is 3.37. The van der Waals surface area contributed by atoms with Crippen LogP contribution in [0.2, 0.25) is 0 Å². The number of nitro groups is 1. The number of carbonyl (C=O) groups excluding carboxylic acids is 1. The maximum Gasteiger partial charge on any atom is 0.345 e. The minimum absolute atomic E-state index is 0.149. The maximum absolute atomic E-state index is 11.7. The van der Waals surface area contributed by atoms with Crippen molar-refractivity contribution in [2.45, 2.75) is 11.8 Å². The molecule has 2 rings (SSSR count). The molecule has 0 saturated carbocycles. The van der Waals surface area contributed by atoms with Crippen LogP contribution in [0.15, 0.2) is 41.3 Å². The third kappa shape index (κ3) is 4.13. The highest BCUT2D eigenvalue weighted by Crippen LogP contribution is 2.30. The largest absolute Gasteiger partial charge is 0.465 e. The lowest BCUT2D eigenvalue weighted by atomic mass is 10.1. The molecule has 0 unspecified atom stereocenters. The van der Waals surface area contributed by atoms with Gasteiger partial charge in [-0.25, -0.2) is 13.2 Å². The Balaban J connectivity index is 2.41. The molecule has 0 saturated heterocycles. The number of hydrogen-bond donors (Lipinski definition) is 0. The summed E-state index contributed by atoms with van der Waals surface area (Å²) in [6.45, 7) is 1.66. The molecule has 0 aliphatic rings. The SMILES string of the molecule is COC(=O)c1cc(Oc2ccc(S(C)(=O)=O)cc2C)ccc1[N+](=O)[O-]. The van der Waals surface area contributed by atoms with E-state index in [1.807, 2.05) is 0 Å². The Bertz CT molecular complexity index is 951. The second kappa shape index (κ2) is 6.89. The van der Waals surface area contributed by atoms with Crippen molar-refractivity contribution in [2.24, 2.45) is 0 Å². The fraction of sp³-hybridized carbons (Fsp3) is 0.188. The predicted octanol–water partition coefficient (Wildman–Crippen LogP) is 2.89. The summed E-state index contributed by atoms with van der Waals surface area (Å²) in [6, 6.07) is 8.01. The summed E-state index contributed by atoms with van der Waals surface area (Å²) < 4.78 is 33.3. The molecule has 0 aliphatic carbocycles. The number of sulfone groups is 1. The van der Waals surface area contributed by atoms with E-state index in [1.54, 1.807) is 6.92 Å². The molecule has 0 atom stereocenters. The number of esters is 1. The zero-order valence-corrected chi connectivity index (χ0v) is 14.5. The fourth-order valence-corrected chi connectivity index (χ4v) is 2.81. The van der Waals surface area contributed by atoms with E-state index in [-0.39, 0.29) is 16.2 Å². The molecule has 132 valence electrons. The van der Waals surface area contributed by atoms with Gasteiger partial charge < -0.3 is 9.47 Å². The van der Waals surface area contributed by atoms with E-state index in [4.69, 9.17) is 4.74 Å². The standard InChI is InChI=1S/C16H15NO7S/c1-10-8-12(25(3,21)22)5-7-15(10)24-11-4-6-14(17(19)20)13(9-11)16(18)23-2/h4-9H,1-3H3. The zero-order valence-electron chi connectivity index (χ0n) is 13.7. The molecular formula is C16H15NO7S. The first-order valence-corrected chi connectivity index (χ1v) is 8.88. The number of methoxy groups -OCH3 is 1. The van der Waals surface area contributed by atoms with E-state index in [2.05, 4.69) is 4.74 Å². The van der Waals surface area contributed by atoms with E-state index in [9.17, 15) is 23.3 Å². The lowest BCUT2D eigenvalue weighted by Crippen LogP contribution is -2.06. The van der Waals surface area contributed by atoms with E-state index in [1.165, 1.54) is 30.3 Å². The summed E-state index contributed by atoms with van der Waals surface area (Å²) >= 11 is 0. The average Bonchev–Trinajstić information content (AvgIpc) is 2.54. The Labute approximate surface area is 144 Å². The summed E-state index contributed by atoms with van der Waals surface area (Å²) in [5.74, 6) is -0.320. The normalized spacial score (nSPS) is 11.0. The van der Waals surface area contributed by atoms with Crippen molar-refractivity contribution in [3.8, 4) is 11.5 Å². The van der Waals surface area contributed by atoms with E-state index >= 15 is 0 Å². The maximum atomic E-state index is 11.7. The topological polar surface area (TPSA) is 113 Å². The van der Waals surface area contributed by atoms with Crippen LogP contribution in [0.1, 0.15) is 15.9 Å². The van der Waals surface area contributed by atoms with Gasteiger partial charge in [-0.15, -0.1) is 0 Å². The number of ether oxygens (including phenoxy) is 2. The minimum Gasteiger partial charge on any atom is -0.465 e. The molecule has 2 aromatic carbocycles. The Morgan fingerprint density at radius 3 is 2.36 bits per heavy atom. The van der Waals surface area contributed by atoms with Crippen molar-refractivity contribution in [3.05, 3.63) is 57.6 Å². The number of carbonyl (C=O) groups is 1.